The molecule has 0 aliphatic rings. The lowest BCUT2D eigenvalue weighted by molar-refractivity contribution is 0.422. The molecule has 1 aromatic rings. The normalized spacial score (nSPS) is 12.1. The summed E-state index contributed by atoms with van der Waals surface area (Å²) in [6.45, 7) is 4.17. The Balaban J connectivity index is 3.39. The van der Waals surface area contributed by atoms with E-state index in [1.807, 2.05) is 6.92 Å². The second-order valence-electron chi connectivity index (χ2n) is 4.01. The SMILES string of the molecule is CCCN(CC)S(=O)(=O)c1cc(Cl)cc(CCl)c1F. The van der Waals surface area contributed by atoms with Crippen LogP contribution in [0.1, 0.15) is 25.8 Å². The Bertz CT molecular complexity index is 549. The molecule has 0 unspecified atom stereocenters. The molecule has 0 amide bonds. The smallest absolute Gasteiger partial charge is 0.207 e. The summed E-state index contributed by atoms with van der Waals surface area (Å²) in [5.41, 5.74) is 0.0836. The summed E-state index contributed by atoms with van der Waals surface area (Å²) >= 11 is 11.4. The number of halogens is 3. The van der Waals surface area contributed by atoms with Crippen LogP contribution in [0, 0.1) is 5.82 Å². The van der Waals surface area contributed by atoms with E-state index in [2.05, 4.69) is 0 Å². The molecule has 0 aliphatic heterocycles. The minimum absolute atomic E-state index is 0.0836. The maximum atomic E-state index is 14.1. The molecule has 1 rings (SSSR count). The van der Waals surface area contributed by atoms with Gasteiger partial charge in [-0.1, -0.05) is 25.4 Å². The van der Waals surface area contributed by atoms with Crippen LogP contribution in [0.25, 0.3) is 0 Å². The van der Waals surface area contributed by atoms with Crippen molar-refractivity contribution in [2.75, 3.05) is 13.1 Å². The molecular formula is C12H16Cl2FNO2S. The molecule has 0 aliphatic carbocycles. The van der Waals surface area contributed by atoms with Gasteiger partial charge in [-0.15, -0.1) is 11.6 Å². The molecule has 0 aromatic heterocycles. The van der Waals surface area contributed by atoms with E-state index in [-0.39, 0.29) is 23.0 Å². The van der Waals surface area contributed by atoms with E-state index in [0.717, 1.165) is 6.07 Å². The van der Waals surface area contributed by atoms with Crippen molar-refractivity contribution in [3.63, 3.8) is 0 Å². The number of hydrogen-bond donors (Lipinski definition) is 0. The lowest BCUT2D eigenvalue weighted by Gasteiger charge is -2.20. The van der Waals surface area contributed by atoms with Gasteiger partial charge in [0.1, 0.15) is 10.7 Å². The van der Waals surface area contributed by atoms with Crippen LogP contribution in [-0.4, -0.2) is 25.8 Å². The van der Waals surface area contributed by atoms with Crippen LogP contribution >= 0.6 is 23.2 Å². The Morgan fingerprint density at radius 3 is 2.42 bits per heavy atom. The Kier molecular flexibility index (Phi) is 6.05. The molecule has 0 bridgehead atoms. The summed E-state index contributed by atoms with van der Waals surface area (Å²) in [7, 11) is -3.88. The van der Waals surface area contributed by atoms with E-state index in [1.54, 1.807) is 6.92 Å². The minimum Gasteiger partial charge on any atom is -0.207 e. The molecule has 0 fully saturated rings. The number of alkyl halides is 1. The highest BCUT2D eigenvalue weighted by molar-refractivity contribution is 7.89. The number of nitrogens with zero attached hydrogens (tertiary/aromatic N) is 1. The first kappa shape index (κ1) is 16.7. The van der Waals surface area contributed by atoms with Gasteiger partial charge >= 0.3 is 0 Å². The van der Waals surface area contributed by atoms with E-state index in [9.17, 15) is 12.8 Å². The zero-order valence-electron chi connectivity index (χ0n) is 10.8. The van der Waals surface area contributed by atoms with Crippen LogP contribution in [0.2, 0.25) is 5.02 Å². The molecule has 0 spiro atoms. The van der Waals surface area contributed by atoms with Crippen molar-refractivity contribution in [2.24, 2.45) is 0 Å². The molecule has 0 atom stereocenters. The van der Waals surface area contributed by atoms with Gasteiger partial charge in [-0.05, 0) is 18.6 Å². The van der Waals surface area contributed by atoms with E-state index in [0.29, 0.717) is 13.0 Å². The third kappa shape index (κ3) is 3.60. The van der Waals surface area contributed by atoms with E-state index >= 15 is 0 Å². The van der Waals surface area contributed by atoms with Crippen LogP contribution in [0.5, 0.6) is 0 Å². The zero-order valence-corrected chi connectivity index (χ0v) is 13.1. The molecule has 19 heavy (non-hydrogen) atoms. The van der Waals surface area contributed by atoms with Crippen molar-refractivity contribution in [1.82, 2.24) is 4.31 Å². The molecule has 0 saturated carbocycles. The second-order valence-corrected chi connectivity index (χ2v) is 6.62. The van der Waals surface area contributed by atoms with Gasteiger partial charge in [-0.2, -0.15) is 4.31 Å². The van der Waals surface area contributed by atoms with Gasteiger partial charge in [0.15, 0.2) is 0 Å². The van der Waals surface area contributed by atoms with Crippen molar-refractivity contribution in [3.8, 4) is 0 Å². The molecule has 0 heterocycles. The Hall–Kier alpha value is -0.360. The third-order valence-electron chi connectivity index (χ3n) is 2.67. The maximum absolute atomic E-state index is 14.1. The first-order chi connectivity index (χ1) is 8.88. The van der Waals surface area contributed by atoms with Crippen molar-refractivity contribution in [3.05, 3.63) is 28.5 Å². The largest absolute Gasteiger partial charge is 0.246 e. The van der Waals surface area contributed by atoms with Gasteiger partial charge in [-0.25, -0.2) is 12.8 Å². The van der Waals surface area contributed by atoms with Crippen molar-refractivity contribution in [1.29, 1.82) is 0 Å². The molecular weight excluding hydrogens is 312 g/mol. The molecule has 0 saturated heterocycles. The molecule has 0 N–H and O–H groups in total. The molecule has 3 nitrogen and oxygen atoms in total. The Morgan fingerprint density at radius 2 is 1.95 bits per heavy atom. The predicted molar refractivity (Wildman–Crippen MR) is 75.7 cm³/mol. The first-order valence-corrected chi connectivity index (χ1v) is 8.27. The van der Waals surface area contributed by atoms with Crippen molar-refractivity contribution < 1.29 is 12.8 Å². The number of hydrogen-bond acceptors (Lipinski definition) is 2. The molecule has 0 radical (unpaired) electrons. The Labute approximate surface area is 123 Å². The summed E-state index contributed by atoms with van der Waals surface area (Å²) in [6, 6.07) is 2.46. The Morgan fingerprint density at radius 1 is 1.32 bits per heavy atom. The standard InChI is InChI=1S/C12H16Cl2FNO2S/c1-3-5-16(4-2)19(17,18)11-7-10(14)6-9(8-13)12(11)15/h6-7H,3-5,8H2,1-2H3. The molecule has 1 aromatic carbocycles. The minimum atomic E-state index is -3.88. The third-order valence-corrected chi connectivity index (χ3v) is 5.15. The fourth-order valence-electron chi connectivity index (χ4n) is 1.74. The van der Waals surface area contributed by atoms with Gasteiger partial charge in [0.25, 0.3) is 0 Å². The fourth-order valence-corrected chi connectivity index (χ4v) is 3.91. The lowest BCUT2D eigenvalue weighted by Crippen LogP contribution is -2.32. The summed E-state index contributed by atoms with van der Waals surface area (Å²) < 4.78 is 40.1. The summed E-state index contributed by atoms with van der Waals surface area (Å²) in [5, 5.41) is 0.156. The average molecular weight is 328 g/mol. The summed E-state index contributed by atoms with van der Waals surface area (Å²) in [5.74, 6) is -0.955. The molecule has 108 valence electrons. The van der Waals surface area contributed by atoms with Crippen LogP contribution < -0.4 is 0 Å². The van der Waals surface area contributed by atoms with Gasteiger partial charge < -0.3 is 0 Å². The van der Waals surface area contributed by atoms with Gasteiger partial charge in [0, 0.05) is 23.7 Å². The van der Waals surface area contributed by atoms with Crippen LogP contribution in [0.4, 0.5) is 4.39 Å². The highest BCUT2D eigenvalue weighted by Crippen LogP contribution is 2.27. The van der Waals surface area contributed by atoms with Gasteiger partial charge in [0.05, 0.1) is 5.88 Å². The number of sulfonamides is 1. The highest BCUT2D eigenvalue weighted by atomic mass is 35.5. The van der Waals surface area contributed by atoms with E-state index < -0.39 is 20.7 Å². The zero-order chi connectivity index (χ0) is 14.6. The monoisotopic (exact) mass is 327 g/mol. The quantitative estimate of drug-likeness (QED) is 0.748. The number of rotatable bonds is 6. The van der Waals surface area contributed by atoms with Crippen LogP contribution in [-0.2, 0) is 15.9 Å². The topological polar surface area (TPSA) is 37.4 Å². The van der Waals surface area contributed by atoms with Gasteiger partial charge in [0.2, 0.25) is 10.0 Å². The van der Waals surface area contributed by atoms with E-state index in [1.165, 1.54) is 10.4 Å². The summed E-state index contributed by atoms with van der Waals surface area (Å²) in [6.07, 6.45) is 0.650. The lowest BCUT2D eigenvalue weighted by atomic mass is 10.2. The highest BCUT2D eigenvalue weighted by Gasteiger charge is 2.27. The first-order valence-electron chi connectivity index (χ1n) is 5.92. The van der Waals surface area contributed by atoms with Crippen molar-refractivity contribution in [2.45, 2.75) is 31.0 Å². The van der Waals surface area contributed by atoms with Crippen LogP contribution in [0.3, 0.4) is 0 Å². The van der Waals surface area contributed by atoms with Crippen LogP contribution in [0.15, 0.2) is 17.0 Å². The van der Waals surface area contributed by atoms with Gasteiger partial charge in [-0.3, -0.25) is 0 Å². The fraction of sp³-hybridized carbons (Fsp3) is 0.500. The second kappa shape index (κ2) is 6.88. The maximum Gasteiger partial charge on any atom is 0.246 e. The average Bonchev–Trinajstić information content (AvgIpc) is 2.37. The predicted octanol–water partition coefficient (Wildman–Crippen LogP) is 3.64. The summed E-state index contributed by atoms with van der Waals surface area (Å²) in [4.78, 5) is -0.411. The number of benzene rings is 1. The van der Waals surface area contributed by atoms with E-state index in [4.69, 9.17) is 23.2 Å². The van der Waals surface area contributed by atoms with Crippen molar-refractivity contribution >= 4 is 33.2 Å². The molecule has 7 heteroatoms.